The van der Waals surface area contributed by atoms with Crippen LogP contribution >= 0.6 is 0 Å². The molecule has 1 rings (SSSR count). The van der Waals surface area contributed by atoms with Crippen LogP contribution in [0.15, 0.2) is 72.7 Å². The molecule has 0 saturated carbocycles. The van der Waals surface area contributed by atoms with Crippen LogP contribution in [0.5, 0.6) is 0 Å². The molecule has 0 fully saturated rings. The topological polar surface area (TPSA) is 21.7 Å². The van der Waals surface area contributed by atoms with Crippen molar-refractivity contribution in [3.05, 3.63) is 83.9 Å². The van der Waals surface area contributed by atoms with E-state index >= 15 is 0 Å². The minimum Gasteiger partial charge on any atom is -0.480 e. The van der Waals surface area contributed by atoms with Gasteiger partial charge < -0.3 is 9.64 Å². The summed E-state index contributed by atoms with van der Waals surface area (Å²) in [6, 6.07) is 5.32. The van der Waals surface area contributed by atoms with Crippen molar-refractivity contribution in [1.82, 2.24) is 4.90 Å². The van der Waals surface area contributed by atoms with Crippen LogP contribution in [-0.2, 0) is 22.4 Å². The highest BCUT2D eigenvalue weighted by Gasteiger charge is 2.30. The van der Waals surface area contributed by atoms with E-state index < -0.39 is 17.3 Å². The molecule has 190 valence electrons. The summed E-state index contributed by atoms with van der Waals surface area (Å²) in [5.41, 5.74) is 0.168. The van der Waals surface area contributed by atoms with Crippen molar-refractivity contribution in [2.24, 2.45) is 5.92 Å². The lowest BCUT2D eigenvalue weighted by atomic mass is 10.0. The van der Waals surface area contributed by atoms with Gasteiger partial charge in [0.15, 0.2) is 11.4 Å². The number of hydrogen-bond acceptors (Lipinski definition) is 3. The molecule has 0 aliphatic carbocycles. The van der Waals surface area contributed by atoms with E-state index in [9.17, 15) is 17.7 Å². The molecule has 0 spiro atoms. The van der Waals surface area contributed by atoms with E-state index in [1.54, 1.807) is 26.0 Å². The van der Waals surface area contributed by atoms with Gasteiger partial charge in [-0.15, -0.1) is 0 Å². The number of ether oxygens (including phenoxy) is 1. The molecule has 0 aromatic heterocycles. The molecule has 1 aromatic rings. The summed E-state index contributed by atoms with van der Waals surface area (Å²) >= 11 is 0. The van der Waals surface area contributed by atoms with Crippen LogP contribution in [0.3, 0.4) is 0 Å². The first-order valence-corrected chi connectivity index (χ1v) is 11.3. The standard InChI is InChI=1S/C27H37F4NO2/c1-8-25(33-26(5,6)22(4)34-31)17-12-20(2)10-9-11-21(3)18-32(7)19-23-13-15-24(16-14-23)27(28,29)30/h8,12-17,21H,2,4,9-11,18-19H2,1,3,5-7H3/b17-12-,25-8+. The van der Waals surface area contributed by atoms with Crippen LogP contribution < -0.4 is 0 Å². The first-order valence-electron chi connectivity index (χ1n) is 11.3. The second-order valence-electron chi connectivity index (χ2n) is 9.18. The first kappa shape index (κ1) is 29.5. The Morgan fingerprint density at radius 3 is 2.26 bits per heavy atom. The van der Waals surface area contributed by atoms with Gasteiger partial charge in [-0.3, -0.25) is 4.94 Å². The molecular formula is C27H37F4NO2. The summed E-state index contributed by atoms with van der Waals surface area (Å²) in [5, 5.41) is 0. The zero-order valence-electron chi connectivity index (χ0n) is 20.8. The second kappa shape index (κ2) is 13.4. The summed E-state index contributed by atoms with van der Waals surface area (Å²) in [4.78, 5) is 5.83. The zero-order chi connectivity index (χ0) is 25.9. The molecule has 34 heavy (non-hydrogen) atoms. The van der Waals surface area contributed by atoms with Crippen molar-refractivity contribution in [2.45, 2.75) is 65.3 Å². The number of hydrogen-bond donors (Lipinski definition) is 0. The second-order valence-corrected chi connectivity index (χ2v) is 9.18. The third-order valence-corrected chi connectivity index (χ3v) is 5.46. The van der Waals surface area contributed by atoms with E-state index in [1.165, 1.54) is 12.1 Å². The Balaban J connectivity index is 2.41. The molecule has 0 amide bonds. The fourth-order valence-corrected chi connectivity index (χ4v) is 3.39. The molecular weight excluding hydrogens is 446 g/mol. The molecule has 1 atom stereocenters. The van der Waals surface area contributed by atoms with Gasteiger partial charge in [0.25, 0.3) is 0 Å². The predicted molar refractivity (Wildman–Crippen MR) is 129 cm³/mol. The Morgan fingerprint density at radius 2 is 1.74 bits per heavy atom. The summed E-state index contributed by atoms with van der Waals surface area (Å²) in [6.45, 7) is 16.3. The Labute approximate surface area is 201 Å². The Bertz CT molecular complexity index is 854. The molecule has 1 aromatic carbocycles. The van der Waals surface area contributed by atoms with Gasteiger partial charge >= 0.3 is 6.18 Å². The van der Waals surface area contributed by atoms with Gasteiger partial charge in [0.05, 0.1) is 5.56 Å². The highest BCUT2D eigenvalue weighted by Crippen LogP contribution is 2.29. The van der Waals surface area contributed by atoms with Crippen LogP contribution in [0.1, 0.15) is 58.1 Å². The maximum Gasteiger partial charge on any atom is 0.416 e. The normalized spacial score (nSPS) is 13.9. The van der Waals surface area contributed by atoms with E-state index in [4.69, 9.17) is 4.74 Å². The number of alkyl halides is 3. The first-order chi connectivity index (χ1) is 15.8. The molecule has 3 nitrogen and oxygen atoms in total. The van der Waals surface area contributed by atoms with Gasteiger partial charge in [-0.2, -0.15) is 13.2 Å². The highest BCUT2D eigenvalue weighted by molar-refractivity contribution is 5.25. The maximum absolute atomic E-state index is 12.7. The summed E-state index contributed by atoms with van der Waals surface area (Å²) in [6.07, 6.45) is 3.91. The lowest BCUT2D eigenvalue weighted by molar-refractivity contribution is -0.137. The zero-order valence-corrected chi connectivity index (χ0v) is 20.8. The molecule has 7 heteroatoms. The molecule has 0 heterocycles. The van der Waals surface area contributed by atoms with Crippen molar-refractivity contribution >= 4 is 0 Å². The maximum atomic E-state index is 12.7. The lowest BCUT2D eigenvalue weighted by Gasteiger charge is -2.25. The average molecular weight is 484 g/mol. The number of rotatable bonds is 14. The molecule has 0 bridgehead atoms. The van der Waals surface area contributed by atoms with Gasteiger partial charge in [0.2, 0.25) is 0 Å². The van der Waals surface area contributed by atoms with Gasteiger partial charge in [-0.25, -0.2) is 0 Å². The van der Waals surface area contributed by atoms with E-state index in [-0.39, 0.29) is 5.76 Å². The van der Waals surface area contributed by atoms with E-state index in [2.05, 4.69) is 29.9 Å². The van der Waals surface area contributed by atoms with E-state index in [1.807, 2.05) is 20.0 Å². The van der Waals surface area contributed by atoms with Gasteiger partial charge in [0, 0.05) is 17.6 Å². The minimum atomic E-state index is -4.31. The van der Waals surface area contributed by atoms with Gasteiger partial charge in [-0.1, -0.05) is 43.9 Å². The van der Waals surface area contributed by atoms with E-state index in [0.29, 0.717) is 18.2 Å². The largest absolute Gasteiger partial charge is 0.480 e. The highest BCUT2D eigenvalue weighted by atomic mass is 19.4. The average Bonchev–Trinajstić information content (AvgIpc) is 2.75. The molecule has 0 N–H and O–H groups in total. The molecule has 1 unspecified atom stereocenters. The quantitative estimate of drug-likeness (QED) is 0.151. The lowest BCUT2D eigenvalue weighted by Crippen LogP contribution is -2.26. The number of allylic oxidation sites excluding steroid dienone is 4. The third kappa shape index (κ3) is 10.6. The number of benzene rings is 1. The monoisotopic (exact) mass is 483 g/mol. The number of nitrogens with zero attached hydrogens (tertiary/aromatic N) is 1. The third-order valence-electron chi connectivity index (χ3n) is 5.46. The van der Waals surface area contributed by atoms with Crippen molar-refractivity contribution in [3.8, 4) is 0 Å². The summed E-state index contributed by atoms with van der Waals surface area (Å²) < 4.78 is 56.3. The van der Waals surface area contributed by atoms with Crippen LogP contribution in [-0.4, -0.2) is 24.1 Å². The smallest absolute Gasteiger partial charge is 0.416 e. The fraction of sp³-hybridized carbons (Fsp3) is 0.481. The Kier molecular flexibility index (Phi) is 11.6. The van der Waals surface area contributed by atoms with Gasteiger partial charge in [0.1, 0.15) is 5.76 Å². The van der Waals surface area contributed by atoms with Crippen LogP contribution in [0, 0.1) is 5.92 Å². The van der Waals surface area contributed by atoms with Crippen molar-refractivity contribution in [1.29, 1.82) is 0 Å². The Morgan fingerprint density at radius 1 is 1.12 bits per heavy atom. The van der Waals surface area contributed by atoms with Crippen molar-refractivity contribution in [2.75, 3.05) is 13.6 Å². The summed E-state index contributed by atoms with van der Waals surface area (Å²) in [7, 11) is 1.97. The molecule has 0 saturated heterocycles. The molecule has 0 radical (unpaired) electrons. The SMILES string of the molecule is C=C(/C=C\C(=C/C)OC(C)(C)C(=C)OF)CCCC(C)CN(C)Cc1ccc(C(F)(F)F)cc1. The van der Waals surface area contributed by atoms with Crippen molar-refractivity contribution < 1.29 is 27.4 Å². The minimum absolute atomic E-state index is 0.114. The van der Waals surface area contributed by atoms with Crippen LogP contribution in [0.2, 0.25) is 0 Å². The summed E-state index contributed by atoms with van der Waals surface area (Å²) in [5.74, 6) is 0.872. The van der Waals surface area contributed by atoms with Crippen LogP contribution in [0.25, 0.3) is 0 Å². The molecule has 0 aliphatic rings. The number of halogens is 4. The van der Waals surface area contributed by atoms with Crippen LogP contribution in [0.4, 0.5) is 17.7 Å². The van der Waals surface area contributed by atoms with E-state index in [0.717, 1.165) is 49.1 Å². The van der Waals surface area contributed by atoms with Gasteiger partial charge in [-0.05, 0) is 82.8 Å². The predicted octanol–water partition coefficient (Wildman–Crippen LogP) is 8.17. The fourth-order valence-electron chi connectivity index (χ4n) is 3.39. The Hall–Kier alpha value is -2.54. The van der Waals surface area contributed by atoms with Crippen molar-refractivity contribution in [3.63, 3.8) is 0 Å². The molecule has 0 aliphatic heterocycles.